The van der Waals surface area contributed by atoms with E-state index in [-0.39, 0.29) is 0 Å². The van der Waals surface area contributed by atoms with Crippen LogP contribution >= 0.6 is 0 Å². The Morgan fingerprint density at radius 2 is 2.00 bits per heavy atom. The van der Waals surface area contributed by atoms with Gasteiger partial charge in [0.1, 0.15) is 5.82 Å². The molecular weight excluding hydrogens is 226 g/mol. The van der Waals surface area contributed by atoms with E-state index in [0.717, 1.165) is 24.5 Å². The molecule has 1 aliphatic heterocycles. The summed E-state index contributed by atoms with van der Waals surface area (Å²) in [6.45, 7) is 3.88. The smallest absolute Gasteiger partial charge is 0.128 e. The van der Waals surface area contributed by atoms with Gasteiger partial charge in [-0.3, -0.25) is 0 Å². The number of aromatic nitrogens is 1. The highest BCUT2D eigenvalue weighted by molar-refractivity contribution is 5.40. The Labute approximate surface area is 109 Å². The first kappa shape index (κ1) is 13.3. The fourth-order valence-corrected chi connectivity index (χ4v) is 2.44. The van der Waals surface area contributed by atoms with Crippen LogP contribution in [0.3, 0.4) is 0 Å². The van der Waals surface area contributed by atoms with Crippen LogP contribution in [0.4, 0.5) is 5.82 Å². The first-order valence-electron chi connectivity index (χ1n) is 6.63. The minimum atomic E-state index is -0.439. The van der Waals surface area contributed by atoms with Gasteiger partial charge in [-0.15, -0.1) is 0 Å². The lowest BCUT2D eigenvalue weighted by molar-refractivity contribution is 0.199. The summed E-state index contributed by atoms with van der Waals surface area (Å²) < 4.78 is 0. The number of hydrogen-bond donors (Lipinski definition) is 1. The van der Waals surface area contributed by atoms with Crippen molar-refractivity contribution < 1.29 is 5.11 Å². The van der Waals surface area contributed by atoms with Crippen LogP contribution in [0.5, 0.6) is 0 Å². The quantitative estimate of drug-likeness (QED) is 0.884. The summed E-state index contributed by atoms with van der Waals surface area (Å²) in [5.74, 6) is 1.02. The van der Waals surface area contributed by atoms with Crippen molar-refractivity contribution in [1.82, 2.24) is 9.88 Å². The molecule has 0 aliphatic carbocycles. The molecule has 1 aromatic heterocycles. The van der Waals surface area contributed by atoms with Gasteiger partial charge in [0.15, 0.2) is 0 Å². The van der Waals surface area contributed by atoms with E-state index in [0.29, 0.717) is 6.04 Å². The standard InChI is InChI=1S/C14H23N3O/c1-11(18)12-4-5-14(15-10-12)17-8-6-13(7-9-17)16(2)3/h4-5,10-11,13,18H,6-9H2,1-3H3/t11-/m0/s1. The molecule has 2 heterocycles. The summed E-state index contributed by atoms with van der Waals surface area (Å²) in [6.07, 6.45) is 3.71. The fourth-order valence-electron chi connectivity index (χ4n) is 2.44. The molecule has 0 aromatic carbocycles. The summed E-state index contributed by atoms with van der Waals surface area (Å²) in [4.78, 5) is 9.08. The van der Waals surface area contributed by atoms with Crippen molar-refractivity contribution in [3.8, 4) is 0 Å². The van der Waals surface area contributed by atoms with E-state index in [1.807, 2.05) is 12.1 Å². The number of hydrogen-bond acceptors (Lipinski definition) is 4. The van der Waals surface area contributed by atoms with Crippen LogP contribution in [0, 0.1) is 0 Å². The number of nitrogens with zero attached hydrogens (tertiary/aromatic N) is 3. The lowest BCUT2D eigenvalue weighted by Crippen LogP contribution is -2.42. The number of anilines is 1. The topological polar surface area (TPSA) is 39.6 Å². The van der Waals surface area contributed by atoms with Gasteiger partial charge in [0, 0.05) is 25.3 Å². The van der Waals surface area contributed by atoms with E-state index in [2.05, 4.69) is 28.9 Å². The van der Waals surface area contributed by atoms with E-state index in [1.54, 1.807) is 13.1 Å². The lowest BCUT2D eigenvalue weighted by Gasteiger charge is -2.35. The third-order valence-electron chi connectivity index (χ3n) is 3.77. The molecule has 1 fully saturated rings. The maximum atomic E-state index is 9.46. The van der Waals surface area contributed by atoms with Gasteiger partial charge < -0.3 is 14.9 Å². The average Bonchev–Trinajstić information content (AvgIpc) is 2.39. The van der Waals surface area contributed by atoms with Crippen molar-refractivity contribution in [3.05, 3.63) is 23.9 Å². The minimum absolute atomic E-state index is 0.439. The molecule has 2 rings (SSSR count). The Morgan fingerprint density at radius 3 is 2.44 bits per heavy atom. The van der Waals surface area contributed by atoms with E-state index in [9.17, 15) is 5.11 Å². The Balaban J connectivity index is 1.97. The van der Waals surface area contributed by atoms with Crippen molar-refractivity contribution in [2.45, 2.75) is 31.9 Å². The van der Waals surface area contributed by atoms with Crippen molar-refractivity contribution in [2.75, 3.05) is 32.1 Å². The van der Waals surface area contributed by atoms with Gasteiger partial charge in [0.2, 0.25) is 0 Å². The lowest BCUT2D eigenvalue weighted by atomic mass is 10.0. The molecule has 18 heavy (non-hydrogen) atoms. The third-order valence-corrected chi connectivity index (χ3v) is 3.77. The van der Waals surface area contributed by atoms with Crippen molar-refractivity contribution in [2.24, 2.45) is 0 Å². The van der Waals surface area contributed by atoms with Crippen LogP contribution in [0.25, 0.3) is 0 Å². The fraction of sp³-hybridized carbons (Fsp3) is 0.643. The highest BCUT2D eigenvalue weighted by Gasteiger charge is 2.21. The number of rotatable bonds is 3. The normalized spacial score (nSPS) is 19.3. The zero-order valence-electron chi connectivity index (χ0n) is 11.5. The predicted molar refractivity (Wildman–Crippen MR) is 73.8 cm³/mol. The second kappa shape index (κ2) is 5.67. The number of aliphatic hydroxyl groups excluding tert-OH is 1. The molecular formula is C14H23N3O. The van der Waals surface area contributed by atoms with Gasteiger partial charge in [-0.1, -0.05) is 6.07 Å². The highest BCUT2D eigenvalue weighted by Crippen LogP contribution is 2.21. The Kier molecular flexibility index (Phi) is 4.19. The van der Waals surface area contributed by atoms with Crippen LogP contribution in [-0.4, -0.2) is 48.2 Å². The molecule has 1 aliphatic rings. The Bertz CT molecular complexity index is 367. The van der Waals surface area contributed by atoms with Crippen molar-refractivity contribution in [1.29, 1.82) is 0 Å². The van der Waals surface area contributed by atoms with Crippen LogP contribution < -0.4 is 4.90 Å². The summed E-state index contributed by atoms with van der Waals surface area (Å²) in [7, 11) is 4.30. The number of aliphatic hydroxyl groups is 1. The summed E-state index contributed by atoms with van der Waals surface area (Å²) >= 11 is 0. The first-order chi connectivity index (χ1) is 8.58. The number of pyridine rings is 1. The van der Waals surface area contributed by atoms with Gasteiger partial charge >= 0.3 is 0 Å². The van der Waals surface area contributed by atoms with Crippen LogP contribution in [0.2, 0.25) is 0 Å². The monoisotopic (exact) mass is 249 g/mol. The Hall–Kier alpha value is -1.13. The first-order valence-corrected chi connectivity index (χ1v) is 6.63. The maximum absolute atomic E-state index is 9.46. The molecule has 0 bridgehead atoms. The van der Waals surface area contributed by atoms with Crippen molar-refractivity contribution in [3.63, 3.8) is 0 Å². The highest BCUT2D eigenvalue weighted by atomic mass is 16.3. The molecule has 1 saturated heterocycles. The molecule has 100 valence electrons. The Morgan fingerprint density at radius 1 is 1.33 bits per heavy atom. The average molecular weight is 249 g/mol. The van der Waals surface area contributed by atoms with E-state index < -0.39 is 6.10 Å². The predicted octanol–water partition coefficient (Wildman–Crippen LogP) is 1.67. The summed E-state index contributed by atoms with van der Waals surface area (Å²) in [5.41, 5.74) is 0.877. The molecule has 1 aromatic rings. The maximum Gasteiger partial charge on any atom is 0.128 e. The molecule has 0 spiro atoms. The molecule has 4 nitrogen and oxygen atoms in total. The zero-order chi connectivity index (χ0) is 13.1. The molecule has 0 unspecified atom stereocenters. The summed E-state index contributed by atoms with van der Waals surface area (Å²) in [5, 5.41) is 9.46. The molecule has 4 heteroatoms. The largest absolute Gasteiger partial charge is 0.389 e. The van der Waals surface area contributed by atoms with E-state index in [1.165, 1.54) is 12.8 Å². The van der Waals surface area contributed by atoms with Gasteiger partial charge in [-0.25, -0.2) is 4.98 Å². The molecule has 1 atom stereocenters. The van der Waals surface area contributed by atoms with Crippen LogP contribution in [0.1, 0.15) is 31.4 Å². The molecule has 0 radical (unpaired) electrons. The SMILES string of the molecule is C[C@H](O)c1ccc(N2CCC(N(C)C)CC2)nc1. The molecule has 0 saturated carbocycles. The second-order valence-corrected chi connectivity index (χ2v) is 5.31. The van der Waals surface area contributed by atoms with Gasteiger partial charge in [0.05, 0.1) is 6.10 Å². The minimum Gasteiger partial charge on any atom is -0.389 e. The zero-order valence-corrected chi connectivity index (χ0v) is 11.5. The third kappa shape index (κ3) is 3.00. The van der Waals surface area contributed by atoms with E-state index >= 15 is 0 Å². The second-order valence-electron chi connectivity index (χ2n) is 5.31. The van der Waals surface area contributed by atoms with Crippen LogP contribution in [0.15, 0.2) is 18.3 Å². The van der Waals surface area contributed by atoms with E-state index in [4.69, 9.17) is 0 Å². The number of piperidine rings is 1. The van der Waals surface area contributed by atoms with Gasteiger partial charge in [-0.05, 0) is 45.5 Å². The van der Waals surface area contributed by atoms with Gasteiger partial charge in [0.25, 0.3) is 0 Å². The molecule has 1 N–H and O–H groups in total. The van der Waals surface area contributed by atoms with Crippen molar-refractivity contribution >= 4 is 5.82 Å². The van der Waals surface area contributed by atoms with Crippen LogP contribution in [-0.2, 0) is 0 Å². The summed E-state index contributed by atoms with van der Waals surface area (Å²) in [6, 6.07) is 4.67. The van der Waals surface area contributed by atoms with Gasteiger partial charge in [-0.2, -0.15) is 0 Å². The molecule has 0 amide bonds.